The first-order valence-electron chi connectivity index (χ1n) is 6.64. The maximum Gasteiger partial charge on any atom is 0.107 e. The van der Waals surface area contributed by atoms with Crippen molar-refractivity contribution in [1.29, 1.82) is 0 Å². The fourth-order valence-corrected chi connectivity index (χ4v) is 3.30. The monoisotopic (exact) mass is 275 g/mol. The van der Waals surface area contributed by atoms with Crippen LogP contribution in [0.2, 0.25) is 0 Å². The summed E-state index contributed by atoms with van der Waals surface area (Å²) in [5, 5.41) is 2.39. The van der Waals surface area contributed by atoms with Gasteiger partial charge in [-0.25, -0.2) is 0 Å². The predicted molar refractivity (Wildman–Crippen MR) is 78.2 cm³/mol. The Morgan fingerprint density at radius 1 is 1.37 bits per heavy atom. The maximum absolute atomic E-state index is 4.22. The zero-order valence-electron chi connectivity index (χ0n) is 11.2. The lowest BCUT2D eigenvalue weighted by Crippen LogP contribution is -2.47. The van der Waals surface area contributed by atoms with Crippen molar-refractivity contribution >= 4 is 11.8 Å². The highest BCUT2D eigenvalue weighted by Crippen LogP contribution is 2.37. The predicted octanol–water partition coefficient (Wildman–Crippen LogP) is 1.61. The molecule has 3 rings (SSSR count). The molecule has 0 N–H and O–H groups in total. The van der Waals surface area contributed by atoms with Gasteiger partial charge >= 0.3 is 0 Å². The number of aromatic nitrogens is 1. The molecule has 1 aromatic heterocycles. The second-order valence-corrected chi connectivity index (χ2v) is 6.01. The molecule has 4 nitrogen and oxygen atoms in total. The van der Waals surface area contributed by atoms with Crippen molar-refractivity contribution in [2.45, 2.75) is 5.37 Å². The molecule has 0 bridgehead atoms. The summed E-state index contributed by atoms with van der Waals surface area (Å²) in [6, 6.07) is 4.14. The summed E-state index contributed by atoms with van der Waals surface area (Å²) in [6.45, 7) is 5.54. The molecule has 1 aromatic rings. The number of piperazine rings is 1. The largest absolute Gasteiger partial charge is 0.340 e. The standard InChI is InChI=1S/C14H19N4S/c1-16-5-7-17(8-6-16)12-18-9-10-19-14(18)13-3-2-4-15-11-13/h2-4,10-11,14H,5-8,12H2,1H3. The van der Waals surface area contributed by atoms with Crippen LogP contribution in [0.5, 0.6) is 0 Å². The molecule has 101 valence electrons. The third-order valence-electron chi connectivity index (χ3n) is 3.62. The Kier molecular flexibility index (Phi) is 4.06. The SMILES string of the molecule is CN1CCN(CN2[C]=CSC2c2cccnc2)CC1. The zero-order valence-corrected chi connectivity index (χ0v) is 12.0. The lowest BCUT2D eigenvalue weighted by Gasteiger charge is -2.36. The van der Waals surface area contributed by atoms with Gasteiger partial charge in [-0.2, -0.15) is 0 Å². The van der Waals surface area contributed by atoms with Gasteiger partial charge in [-0.15, -0.1) is 11.8 Å². The van der Waals surface area contributed by atoms with Gasteiger partial charge in [0.05, 0.1) is 12.9 Å². The Balaban J connectivity index is 1.62. The summed E-state index contributed by atoms with van der Waals surface area (Å²) in [4.78, 5) is 11.4. The van der Waals surface area contributed by atoms with Gasteiger partial charge in [0.2, 0.25) is 0 Å². The summed E-state index contributed by atoms with van der Waals surface area (Å²) in [5.74, 6) is 0. The number of pyridine rings is 1. The number of nitrogens with zero attached hydrogens (tertiary/aromatic N) is 4. The van der Waals surface area contributed by atoms with Crippen molar-refractivity contribution in [2.75, 3.05) is 39.9 Å². The van der Waals surface area contributed by atoms with E-state index in [9.17, 15) is 0 Å². The summed E-state index contributed by atoms with van der Waals surface area (Å²) in [5.41, 5.74) is 1.25. The van der Waals surface area contributed by atoms with E-state index in [4.69, 9.17) is 0 Å². The minimum Gasteiger partial charge on any atom is -0.340 e. The summed E-state index contributed by atoms with van der Waals surface area (Å²) < 4.78 is 0. The van der Waals surface area contributed by atoms with E-state index in [1.807, 2.05) is 18.5 Å². The second kappa shape index (κ2) is 5.94. The first-order valence-corrected chi connectivity index (χ1v) is 7.58. The fraction of sp³-hybridized carbons (Fsp3) is 0.500. The minimum absolute atomic E-state index is 0.327. The Morgan fingerprint density at radius 2 is 2.21 bits per heavy atom. The first kappa shape index (κ1) is 13.0. The van der Waals surface area contributed by atoms with Crippen LogP contribution in [0.1, 0.15) is 10.9 Å². The topological polar surface area (TPSA) is 22.6 Å². The number of thioether (sulfide) groups is 1. The molecule has 1 radical (unpaired) electrons. The highest BCUT2D eigenvalue weighted by atomic mass is 32.2. The van der Waals surface area contributed by atoms with Crippen molar-refractivity contribution in [3.8, 4) is 0 Å². The van der Waals surface area contributed by atoms with Gasteiger partial charge in [-0.05, 0) is 18.5 Å². The van der Waals surface area contributed by atoms with Gasteiger partial charge < -0.3 is 9.80 Å². The van der Waals surface area contributed by atoms with Crippen LogP contribution in [-0.4, -0.2) is 59.6 Å². The maximum atomic E-state index is 4.22. The molecule has 1 atom stereocenters. The molecule has 0 spiro atoms. The Morgan fingerprint density at radius 3 is 2.95 bits per heavy atom. The normalized spacial score (nSPS) is 25.1. The van der Waals surface area contributed by atoms with Gasteiger partial charge in [0.15, 0.2) is 0 Å². The van der Waals surface area contributed by atoms with Crippen molar-refractivity contribution in [2.24, 2.45) is 0 Å². The minimum atomic E-state index is 0.327. The first-order chi connectivity index (χ1) is 9.33. The van der Waals surface area contributed by atoms with Crippen LogP contribution in [0, 0.1) is 6.20 Å². The van der Waals surface area contributed by atoms with E-state index >= 15 is 0 Å². The number of rotatable bonds is 3. The molecule has 1 fully saturated rings. The Bertz CT molecular complexity index is 428. The molecule has 2 aliphatic rings. The summed E-state index contributed by atoms with van der Waals surface area (Å²) in [6.07, 6.45) is 7.13. The second-order valence-electron chi connectivity index (χ2n) is 5.05. The fourth-order valence-electron chi connectivity index (χ4n) is 2.40. The van der Waals surface area contributed by atoms with Gasteiger partial charge in [0.25, 0.3) is 0 Å². The molecule has 19 heavy (non-hydrogen) atoms. The molecule has 0 aromatic carbocycles. The zero-order chi connectivity index (χ0) is 13.1. The van der Waals surface area contributed by atoms with Crippen LogP contribution in [-0.2, 0) is 0 Å². The quantitative estimate of drug-likeness (QED) is 0.834. The van der Waals surface area contributed by atoms with E-state index in [0.29, 0.717) is 5.37 Å². The van der Waals surface area contributed by atoms with Gasteiger partial charge in [-0.3, -0.25) is 9.88 Å². The van der Waals surface area contributed by atoms with Crippen molar-refractivity contribution in [3.63, 3.8) is 0 Å². The highest BCUT2D eigenvalue weighted by molar-refractivity contribution is 8.02. The van der Waals surface area contributed by atoms with Crippen molar-refractivity contribution < 1.29 is 0 Å². The average molecular weight is 275 g/mol. The lowest BCUT2D eigenvalue weighted by atomic mass is 10.2. The van der Waals surface area contributed by atoms with Crippen molar-refractivity contribution in [1.82, 2.24) is 19.7 Å². The molecule has 2 aliphatic heterocycles. The van der Waals surface area contributed by atoms with Gasteiger partial charge in [-0.1, -0.05) is 6.07 Å². The number of likely N-dealkylation sites (N-methyl/N-ethyl adjacent to an activating group) is 1. The Hall–Kier alpha value is -1.04. The van der Waals surface area contributed by atoms with Crippen LogP contribution in [0.4, 0.5) is 0 Å². The summed E-state index contributed by atoms with van der Waals surface area (Å²) >= 11 is 1.81. The van der Waals surface area contributed by atoms with E-state index in [1.165, 1.54) is 5.56 Å². The molecule has 0 saturated carbocycles. The van der Waals surface area contributed by atoms with E-state index in [1.54, 1.807) is 11.8 Å². The molecular formula is C14H19N4S. The molecule has 1 unspecified atom stereocenters. The van der Waals surface area contributed by atoms with Crippen LogP contribution in [0.15, 0.2) is 29.9 Å². The summed E-state index contributed by atoms with van der Waals surface area (Å²) in [7, 11) is 2.19. The number of hydrogen-bond acceptors (Lipinski definition) is 5. The smallest absolute Gasteiger partial charge is 0.107 e. The van der Waals surface area contributed by atoms with E-state index in [0.717, 1.165) is 32.8 Å². The molecule has 3 heterocycles. The van der Waals surface area contributed by atoms with Crippen LogP contribution in [0.3, 0.4) is 0 Å². The molecule has 0 aliphatic carbocycles. The van der Waals surface area contributed by atoms with Crippen molar-refractivity contribution in [3.05, 3.63) is 41.7 Å². The van der Waals surface area contributed by atoms with Crippen LogP contribution >= 0.6 is 11.8 Å². The van der Waals surface area contributed by atoms with Gasteiger partial charge in [0, 0.05) is 44.1 Å². The molecule has 0 amide bonds. The molecular weight excluding hydrogens is 256 g/mol. The molecule has 5 heteroatoms. The van der Waals surface area contributed by atoms with Crippen LogP contribution < -0.4 is 0 Å². The van der Waals surface area contributed by atoms with E-state index in [2.05, 4.69) is 44.4 Å². The highest BCUT2D eigenvalue weighted by Gasteiger charge is 2.25. The average Bonchev–Trinajstić information content (AvgIpc) is 2.90. The lowest BCUT2D eigenvalue weighted by molar-refractivity contribution is 0.0991. The molecule has 1 saturated heterocycles. The van der Waals surface area contributed by atoms with E-state index in [-0.39, 0.29) is 0 Å². The third kappa shape index (κ3) is 3.11. The van der Waals surface area contributed by atoms with Crippen LogP contribution in [0.25, 0.3) is 0 Å². The van der Waals surface area contributed by atoms with Gasteiger partial charge in [0.1, 0.15) is 5.37 Å². The number of hydrogen-bond donors (Lipinski definition) is 0. The Labute approximate surface area is 119 Å². The van der Waals surface area contributed by atoms with E-state index < -0.39 is 0 Å². The third-order valence-corrected chi connectivity index (χ3v) is 4.64.